The minimum absolute atomic E-state index is 0.140. The molecule has 2 saturated heterocycles. The van der Waals surface area contributed by atoms with Crippen LogP contribution in [0.15, 0.2) is 24.3 Å². The molecule has 2 aliphatic rings. The minimum Gasteiger partial charge on any atom is -0.340 e. The third-order valence-electron chi connectivity index (χ3n) is 6.49. The normalized spacial score (nSPS) is 21.7. The number of hydrogen-bond donors (Lipinski definition) is 0. The highest BCUT2D eigenvalue weighted by Crippen LogP contribution is 2.23. The second-order valence-electron chi connectivity index (χ2n) is 8.50. The van der Waals surface area contributed by atoms with E-state index in [9.17, 15) is 4.79 Å². The van der Waals surface area contributed by atoms with Crippen molar-refractivity contribution < 1.29 is 4.79 Å². The highest BCUT2D eigenvalue weighted by atomic mass is 16.2. The van der Waals surface area contributed by atoms with Crippen LogP contribution < -0.4 is 0 Å². The molecule has 1 aromatic heterocycles. The summed E-state index contributed by atoms with van der Waals surface area (Å²) in [5, 5.41) is 0. The van der Waals surface area contributed by atoms with Crippen molar-refractivity contribution in [2.45, 2.75) is 46.2 Å². The second-order valence-corrected chi connectivity index (χ2v) is 8.50. The Balaban J connectivity index is 1.38. The van der Waals surface area contributed by atoms with Gasteiger partial charge in [0.15, 0.2) is 0 Å². The van der Waals surface area contributed by atoms with Crippen molar-refractivity contribution in [1.29, 1.82) is 0 Å². The average molecular weight is 398 g/mol. The van der Waals surface area contributed by atoms with E-state index >= 15 is 0 Å². The van der Waals surface area contributed by atoms with Crippen molar-refractivity contribution in [3.05, 3.63) is 30.1 Å². The molecule has 6 nitrogen and oxygen atoms in total. The first-order valence-corrected chi connectivity index (χ1v) is 11.4. The first kappa shape index (κ1) is 20.4. The quantitative estimate of drug-likeness (QED) is 0.752. The molecule has 4 rings (SSSR count). The maximum Gasteiger partial charge on any atom is 0.227 e. The number of fused-ring (bicyclic) bond motifs is 1. The van der Waals surface area contributed by atoms with Crippen molar-refractivity contribution in [3.63, 3.8) is 0 Å². The maximum absolute atomic E-state index is 13.1. The Morgan fingerprint density at radius 3 is 2.62 bits per heavy atom. The molecule has 2 aromatic rings. The number of aromatic nitrogens is 2. The average Bonchev–Trinajstić information content (AvgIpc) is 3.11. The van der Waals surface area contributed by atoms with Crippen molar-refractivity contribution >= 4 is 16.9 Å². The van der Waals surface area contributed by atoms with E-state index in [1.54, 1.807) is 0 Å². The zero-order valence-electron chi connectivity index (χ0n) is 18.0. The minimum atomic E-state index is 0.140. The molecule has 1 amide bonds. The smallest absolute Gasteiger partial charge is 0.227 e. The molecule has 2 fully saturated rings. The van der Waals surface area contributed by atoms with Gasteiger partial charge >= 0.3 is 0 Å². The van der Waals surface area contributed by atoms with E-state index in [4.69, 9.17) is 4.98 Å². The number of nitrogens with zero attached hydrogens (tertiary/aromatic N) is 5. The number of hydrogen-bond acceptors (Lipinski definition) is 4. The number of rotatable bonds is 6. The molecular weight excluding hydrogens is 362 g/mol. The number of carbonyl (C=O) groups excluding carboxylic acids is 1. The molecule has 29 heavy (non-hydrogen) atoms. The molecule has 0 aliphatic carbocycles. The fourth-order valence-corrected chi connectivity index (χ4v) is 4.97. The lowest BCUT2D eigenvalue weighted by molar-refractivity contribution is -0.139. The number of piperazine rings is 1. The molecule has 0 unspecified atom stereocenters. The van der Waals surface area contributed by atoms with Crippen LogP contribution in [0.3, 0.4) is 0 Å². The molecule has 0 spiro atoms. The van der Waals surface area contributed by atoms with Gasteiger partial charge in [0.05, 0.1) is 23.5 Å². The lowest BCUT2D eigenvalue weighted by Crippen LogP contribution is -2.52. The van der Waals surface area contributed by atoms with Crippen LogP contribution in [0.25, 0.3) is 11.0 Å². The van der Waals surface area contributed by atoms with Crippen LogP contribution in [-0.2, 0) is 17.9 Å². The van der Waals surface area contributed by atoms with Gasteiger partial charge < -0.3 is 9.47 Å². The maximum atomic E-state index is 13.1. The molecular formula is C23H35N5O. The molecule has 3 heterocycles. The third kappa shape index (κ3) is 4.48. The summed E-state index contributed by atoms with van der Waals surface area (Å²) in [6.07, 6.45) is 3.31. The Kier molecular flexibility index (Phi) is 6.50. The largest absolute Gasteiger partial charge is 0.340 e. The van der Waals surface area contributed by atoms with Gasteiger partial charge in [0.25, 0.3) is 0 Å². The number of benzene rings is 1. The fraction of sp³-hybridized carbons (Fsp3) is 0.652. The molecule has 6 heteroatoms. The summed E-state index contributed by atoms with van der Waals surface area (Å²) in [5.41, 5.74) is 2.28. The topological polar surface area (TPSA) is 44.6 Å². The molecule has 158 valence electrons. The van der Waals surface area contributed by atoms with Crippen LogP contribution in [-0.4, -0.2) is 76.0 Å². The monoisotopic (exact) mass is 397 g/mol. The lowest BCUT2D eigenvalue weighted by Gasteiger charge is -2.39. The van der Waals surface area contributed by atoms with Crippen molar-refractivity contribution in [1.82, 2.24) is 24.3 Å². The van der Waals surface area contributed by atoms with E-state index in [2.05, 4.69) is 57.4 Å². The summed E-state index contributed by atoms with van der Waals surface area (Å²) in [4.78, 5) is 25.1. The van der Waals surface area contributed by atoms with Crippen molar-refractivity contribution in [2.75, 3.05) is 45.8 Å². The Morgan fingerprint density at radius 1 is 1.07 bits per heavy atom. The number of imidazole rings is 1. The van der Waals surface area contributed by atoms with E-state index in [0.29, 0.717) is 5.91 Å². The number of amides is 1. The molecule has 0 saturated carbocycles. The van der Waals surface area contributed by atoms with Gasteiger partial charge in [0, 0.05) is 39.3 Å². The van der Waals surface area contributed by atoms with Gasteiger partial charge in [-0.2, -0.15) is 0 Å². The predicted octanol–water partition coefficient (Wildman–Crippen LogP) is 2.82. The van der Waals surface area contributed by atoms with Gasteiger partial charge in [-0.3, -0.25) is 14.6 Å². The number of para-hydroxylation sites is 2. The summed E-state index contributed by atoms with van der Waals surface area (Å²) in [6.45, 7) is 13.1. The first-order chi connectivity index (χ1) is 14.2. The summed E-state index contributed by atoms with van der Waals surface area (Å²) in [7, 11) is 0. The Hall–Kier alpha value is -1.92. The molecule has 1 atom stereocenters. The summed E-state index contributed by atoms with van der Waals surface area (Å²) >= 11 is 0. The van der Waals surface area contributed by atoms with E-state index in [0.717, 1.165) is 83.1 Å². The van der Waals surface area contributed by atoms with E-state index in [1.807, 2.05) is 0 Å². The Labute approximate surface area is 174 Å². The lowest BCUT2D eigenvalue weighted by atomic mass is 9.96. The highest BCUT2D eigenvalue weighted by molar-refractivity contribution is 5.79. The van der Waals surface area contributed by atoms with Gasteiger partial charge in [-0.25, -0.2) is 4.98 Å². The molecule has 2 aliphatic heterocycles. The van der Waals surface area contributed by atoms with Crippen molar-refractivity contribution in [2.24, 2.45) is 5.92 Å². The van der Waals surface area contributed by atoms with Gasteiger partial charge in [0.2, 0.25) is 5.91 Å². The van der Waals surface area contributed by atoms with Gasteiger partial charge in [-0.15, -0.1) is 0 Å². The summed E-state index contributed by atoms with van der Waals surface area (Å²) < 4.78 is 2.31. The van der Waals surface area contributed by atoms with E-state index in [-0.39, 0.29) is 5.92 Å². The zero-order valence-corrected chi connectivity index (χ0v) is 18.0. The zero-order chi connectivity index (χ0) is 20.2. The number of likely N-dealkylation sites (tertiary alicyclic amines) is 1. The van der Waals surface area contributed by atoms with Crippen LogP contribution in [0.5, 0.6) is 0 Å². The number of carbonyl (C=O) groups is 1. The number of piperidine rings is 1. The van der Waals surface area contributed by atoms with Crippen LogP contribution in [0.4, 0.5) is 0 Å². The Bertz CT molecular complexity index is 824. The Morgan fingerprint density at radius 2 is 1.86 bits per heavy atom. The molecule has 1 aromatic carbocycles. The fourth-order valence-electron chi connectivity index (χ4n) is 4.97. The van der Waals surface area contributed by atoms with Crippen LogP contribution in [0.1, 0.15) is 38.9 Å². The highest BCUT2D eigenvalue weighted by Gasteiger charge is 2.31. The summed E-state index contributed by atoms with van der Waals surface area (Å²) in [5.74, 6) is 1.63. The van der Waals surface area contributed by atoms with Gasteiger partial charge in [-0.1, -0.05) is 19.1 Å². The third-order valence-corrected chi connectivity index (χ3v) is 6.49. The predicted molar refractivity (Wildman–Crippen MR) is 117 cm³/mol. The van der Waals surface area contributed by atoms with Crippen LogP contribution in [0.2, 0.25) is 0 Å². The van der Waals surface area contributed by atoms with E-state index in [1.165, 1.54) is 11.9 Å². The van der Waals surface area contributed by atoms with E-state index < -0.39 is 0 Å². The van der Waals surface area contributed by atoms with Gasteiger partial charge in [-0.05, 0) is 51.4 Å². The SMILES string of the molecule is CCCN1CCN(C(=O)[C@H]2CCCN(Cc3nc4ccccc4n3CC)C2)CC1. The standard InChI is InChI=1S/C23H35N5O/c1-3-11-25-13-15-27(16-14-25)23(29)19-8-7-12-26(17-19)18-22-24-20-9-5-6-10-21(20)28(22)4-2/h5-6,9-10,19H,3-4,7-8,11-18H2,1-2H3/t19-/m0/s1. The molecule has 0 N–H and O–H groups in total. The van der Waals surface area contributed by atoms with Crippen LogP contribution >= 0.6 is 0 Å². The van der Waals surface area contributed by atoms with Crippen LogP contribution in [0, 0.1) is 5.92 Å². The first-order valence-electron chi connectivity index (χ1n) is 11.4. The molecule has 0 radical (unpaired) electrons. The van der Waals surface area contributed by atoms with Crippen molar-refractivity contribution in [3.8, 4) is 0 Å². The molecule has 0 bridgehead atoms. The second kappa shape index (κ2) is 9.26. The summed E-state index contributed by atoms with van der Waals surface area (Å²) in [6, 6.07) is 8.37. The van der Waals surface area contributed by atoms with Gasteiger partial charge in [0.1, 0.15) is 5.82 Å². The number of aryl methyl sites for hydroxylation is 1.